The predicted molar refractivity (Wildman–Crippen MR) is 81.9 cm³/mol. The van der Waals surface area contributed by atoms with Crippen LogP contribution in [0.4, 0.5) is 0 Å². The first-order valence-corrected chi connectivity index (χ1v) is 7.99. The van der Waals surface area contributed by atoms with Crippen molar-refractivity contribution in [1.29, 1.82) is 0 Å². The smallest absolute Gasteiger partial charge is 0.225 e. The van der Waals surface area contributed by atoms with Gasteiger partial charge in [-0.15, -0.1) is 0 Å². The van der Waals surface area contributed by atoms with Crippen LogP contribution in [0.15, 0.2) is 4.52 Å². The molecule has 0 unspecified atom stereocenters. The number of hydrogen-bond donors (Lipinski definition) is 0. The maximum absolute atomic E-state index is 12.4. The third-order valence-corrected chi connectivity index (χ3v) is 4.58. The Labute approximate surface area is 127 Å². The van der Waals surface area contributed by atoms with Gasteiger partial charge in [-0.25, -0.2) is 0 Å². The van der Waals surface area contributed by atoms with Crippen LogP contribution in [0.1, 0.15) is 43.7 Å². The van der Waals surface area contributed by atoms with Crippen molar-refractivity contribution >= 4 is 5.91 Å². The van der Waals surface area contributed by atoms with Crippen molar-refractivity contribution in [3.63, 3.8) is 0 Å². The van der Waals surface area contributed by atoms with Crippen LogP contribution in [0.3, 0.4) is 0 Å². The van der Waals surface area contributed by atoms with Crippen molar-refractivity contribution in [1.82, 2.24) is 15.0 Å². The molecule has 1 aromatic heterocycles. The molecule has 0 N–H and O–H groups in total. The highest BCUT2D eigenvalue weighted by Gasteiger charge is 2.26. The van der Waals surface area contributed by atoms with Gasteiger partial charge in [-0.2, -0.15) is 0 Å². The van der Waals surface area contributed by atoms with Crippen molar-refractivity contribution in [2.45, 2.75) is 47.1 Å². The highest BCUT2D eigenvalue weighted by Crippen LogP contribution is 2.18. The number of carbonyl (C=O) groups is 1. The quantitative estimate of drug-likeness (QED) is 0.836. The summed E-state index contributed by atoms with van der Waals surface area (Å²) < 4.78 is 5.22. The molecule has 21 heavy (non-hydrogen) atoms. The zero-order chi connectivity index (χ0) is 15.4. The lowest BCUT2D eigenvalue weighted by molar-refractivity contribution is -0.137. The molecule has 5 nitrogen and oxygen atoms in total. The first-order valence-electron chi connectivity index (χ1n) is 7.99. The molecule has 0 atom stereocenters. The van der Waals surface area contributed by atoms with Gasteiger partial charge in [-0.1, -0.05) is 19.0 Å². The summed E-state index contributed by atoms with van der Waals surface area (Å²) in [5.74, 6) is 1.43. The molecule has 0 spiro atoms. The molecule has 5 heteroatoms. The number of aromatic nitrogens is 1. The molecule has 1 aromatic rings. The topological polar surface area (TPSA) is 49.6 Å². The Hall–Kier alpha value is -1.36. The Morgan fingerprint density at radius 2 is 1.81 bits per heavy atom. The van der Waals surface area contributed by atoms with Gasteiger partial charge < -0.3 is 9.42 Å². The van der Waals surface area contributed by atoms with Gasteiger partial charge in [0.25, 0.3) is 0 Å². The molecule has 1 amide bonds. The molecule has 2 rings (SSSR count). The zero-order valence-corrected chi connectivity index (χ0v) is 13.7. The fourth-order valence-electron chi connectivity index (χ4n) is 2.97. The van der Waals surface area contributed by atoms with E-state index in [1.165, 1.54) is 5.56 Å². The third-order valence-electron chi connectivity index (χ3n) is 4.58. The van der Waals surface area contributed by atoms with Crippen molar-refractivity contribution < 1.29 is 9.32 Å². The van der Waals surface area contributed by atoms with Crippen molar-refractivity contribution in [3.05, 3.63) is 17.0 Å². The highest BCUT2D eigenvalue weighted by atomic mass is 16.5. The summed E-state index contributed by atoms with van der Waals surface area (Å²) in [5, 5.41) is 4.00. The number of rotatable bonds is 5. The van der Waals surface area contributed by atoms with E-state index in [0.717, 1.165) is 57.0 Å². The molecule has 0 aromatic carbocycles. The molecule has 1 aliphatic heterocycles. The van der Waals surface area contributed by atoms with Gasteiger partial charge >= 0.3 is 0 Å². The molecule has 1 aliphatic rings. The average molecular weight is 293 g/mol. The van der Waals surface area contributed by atoms with Gasteiger partial charge in [0.2, 0.25) is 5.91 Å². The molecular weight excluding hydrogens is 266 g/mol. The van der Waals surface area contributed by atoms with Crippen LogP contribution in [0.2, 0.25) is 0 Å². The molecule has 1 fully saturated rings. The summed E-state index contributed by atoms with van der Waals surface area (Å²) in [6.07, 6.45) is 1.88. The Kier molecular flexibility index (Phi) is 5.39. The van der Waals surface area contributed by atoms with E-state index in [2.05, 4.69) is 23.9 Å². The van der Waals surface area contributed by atoms with Gasteiger partial charge in [0, 0.05) is 44.2 Å². The third kappa shape index (κ3) is 3.64. The minimum atomic E-state index is 0.194. The Morgan fingerprint density at radius 1 is 1.19 bits per heavy atom. The minimum absolute atomic E-state index is 0.194. The number of aryl methyl sites for hydroxylation is 2. The lowest BCUT2D eigenvalue weighted by Gasteiger charge is -2.36. The van der Waals surface area contributed by atoms with E-state index in [-0.39, 0.29) is 5.92 Å². The van der Waals surface area contributed by atoms with Crippen LogP contribution >= 0.6 is 0 Å². The van der Waals surface area contributed by atoms with Crippen LogP contribution in [-0.4, -0.2) is 47.0 Å². The van der Waals surface area contributed by atoms with Crippen molar-refractivity contribution in [2.75, 3.05) is 26.2 Å². The molecule has 1 saturated heterocycles. The van der Waals surface area contributed by atoms with Gasteiger partial charge in [-0.05, 0) is 26.7 Å². The lowest BCUT2D eigenvalue weighted by atomic mass is 10.0. The van der Waals surface area contributed by atoms with E-state index < -0.39 is 0 Å². The normalized spacial score (nSPS) is 16.7. The van der Waals surface area contributed by atoms with Crippen LogP contribution in [-0.2, 0) is 11.3 Å². The Balaban J connectivity index is 1.87. The largest absolute Gasteiger partial charge is 0.361 e. The first kappa shape index (κ1) is 16.0. The van der Waals surface area contributed by atoms with E-state index in [9.17, 15) is 4.79 Å². The summed E-state index contributed by atoms with van der Waals surface area (Å²) in [5.41, 5.74) is 2.16. The number of amides is 1. The fraction of sp³-hybridized carbons (Fsp3) is 0.750. The standard InChI is InChI=1S/C16H27N3O2/c1-5-14(6-2)16(20)19-9-7-18(8-10-19)11-15-12(3)17-21-13(15)4/h14H,5-11H2,1-4H3. The second kappa shape index (κ2) is 7.07. The summed E-state index contributed by atoms with van der Waals surface area (Å²) in [6.45, 7) is 12.5. The average Bonchev–Trinajstić information content (AvgIpc) is 2.81. The SMILES string of the molecule is CCC(CC)C(=O)N1CCN(Cc2c(C)noc2C)CC1. The Bertz CT molecular complexity index is 452. The van der Waals surface area contributed by atoms with Gasteiger partial charge in [0.05, 0.1) is 5.69 Å². The van der Waals surface area contributed by atoms with Crippen molar-refractivity contribution in [3.8, 4) is 0 Å². The van der Waals surface area contributed by atoms with Gasteiger partial charge in [0.1, 0.15) is 5.76 Å². The molecular formula is C16H27N3O2. The van der Waals surface area contributed by atoms with Crippen LogP contribution in [0.25, 0.3) is 0 Å². The van der Waals surface area contributed by atoms with Crippen LogP contribution in [0, 0.1) is 19.8 Å². The van der Waals surface area contributed by atoms with Crippen LogP contribution in [0.5, 0.6) is 0 Å². The van der Waals surface area contributed by atoms with Crippen LogP contribution < -0.4 is 0 Å². The summed E-state index contributed by atoms with van der Waals surface area (Å²) in [7, 11) is 0. The molecule has 0 aliphatic carbocycles. The lowest BCUT2D eigenvalue weighted by Crippen LogP contribution is -2.49. The molecule has 0 bridgehead atoms. The summed E-state index contributed by atoms with van der Waals surface area (Å²) in [6, 6.07) is 0. The Morgan fingerprint density at radius 3 is 2.29 bits per heavy atom. The molecule has 0 radical (unpaired) electrons. The number of piperazine rings is 1. The number of hydrogen-bond acceptors (Lipinski definition) is 4. The fourth-order valence-corrected chi connectivity index (χ4v) is 2.97. The first-order chi connectivity index (χ1) is 10.1. The minimum Gasteiger partial charge on any atom is -0.361 e. The van der Waals surface area contributed by atoms with E-state index in [1.807, 2.05) is 18.7 Å². The summed E-state index contributed by atoms with van der Waals surface area (Å²) in [4.78, 5) is 16.8. The van der Waals surface area contributed by atoms with E-state index in [0.29, 0.717) is 5.91 Å². The van der Waals surface area contributed by atoms with E-state index >= 15 is 0 Å². The maximum Gasteiger partial charge on any atom is 0.225 e. The van der Waals surface area contributed by atoms with E-state index in [1.54, 1.807) is 0 Å². The zero-order valence-electron chi connectivity index (χ0n) is 13.7. The maximum atomic E-state index is 12.4. The monoisotopic (exact) mass is 293 g/mol. The second-order valence-corrected chi connectivity index (χ2v) is 5.92. The predicted octanol–water partition coefficient (Wildman–Crippen LogP) is 2.37. The number of carbonyl (C=O) groups excluding carboxylic acids is 1. The molecule has 2 heterocycles. The number of nitrogens with zero attached hydrogens (tertiary/aromatic N) is 3. The highest BCUT2D eigenvalue weighted by molar-refractivity contribution is 5.78. The van der Waals surface area contributed by atoms with E-state index in [4.69, 9.17) is 4.52 Å². The molecule has 118 valence electrons. The van der Waals surface area contributed by atoms with Crippen molar-refractivity contribution in [2.24, 2.45) is 5.92 Å². The van der Waals surface area contributed by atoms with Gasteiger partial charge in [-0.3, -0.25) is 9.69 Å². The van der Waals surface area contributed by atoms with Gasteiger partial charge in [0.15, 0.2) is 0 Å². The second-order valence-electron chi connectivity index (χ2n) is 5.92. The molecule has 0 saturated carbocycles. The summed E-state index contributed by atoms with van der Waals surface area (Å²) >= 11 is 0.